The van der Waals surface area contributed by atoms with Gasteiger partial charge < -0.3 is 11.1 Å². The summed E-state index contributed by atoms with van der Waals surface area (Å²) in [7, 11) is 0. The van der Waals surface area contributed by atoms with Crippen LogP contribution in [0.3, 0.4) is 0 Å². The average molecular weight is 244 g/mol. The second kappa shape index (κ2) is 6.23. The maximum absolute atomic E-state index is 11.8. The third-order valence-electron chi connectivity index (χ3n) is 2.17. The molecule has 1 amide bonds. The second-order valence-electron chi connectivity index (χ2n) is 5.37. The molecule has 0 heterocycles. The van der Waals surface area contributed by atoms with Crippen molar-refractivity contribution in [2.75, 3.05) is 11.9 Å². The Kier molecular flexibility index (Phi) is 4.94. The predicted octanol–water partition coefficient (Wildman–Crippen LogP) is 2.37. The fourth-order valence-electron chi connectivity index (χ4n) is 1.51. The van der Waals surface area contributed by atoms with Gasteiger partial charge in [0.15, 0.2) is 0 Å². The Labute approximate surface area is 109 Å². The van der Waals surface area contributed by atoms with Crippen molar-refractivity contribution in [1.82, 2.24) is 0 Å². The molecule has 0 aliphatic carbocycles. The van der Waals surface area contributed by atoms with Crippen molar-refractivity contribution in [3.05, 3.63) is 29.8 Å². The van der Waals surface area contributed by atoms with E-state index in [4.69, 9.17) is 5.73 Å². The summed E-state index contributed by atoms with van der Waals surface area (Å²) in [6.07, 6.45) is 0.492. The zero-order valence-electron chi connectivity index (χ0n) is 11.2. The van der Waals surface area contributed by atoms with Crippen molar-refractivity contribution in [1.29, 1.82) is 0 Å². The van der Waals surface area contributed by atoms with Gasteiger partial charge in [-0.3, -0.25) is 4.79 Å². The predicted molar refractivity (Wildman–Crippen MR) is 75.1 cm³/mol. The van der Waals surface area contributed by atoms with E-state index in [-0.39, 0.29) is 11.3 Å². The van der Waals surface area contributed by atoms with Crippen molar-refractivity contribution in [3.63, 3.8) is 0 Å². The molecule has 3 heteroatoms. The Morgan fingerprint density at radius 1 is 1.39 bits per heavy atom. The van der Waals surface area contributed by atoms with Crippen molar-refractivity contribution < 1.29 is 4.79 Å². The van der Waals surface area contributed by atoms with Crippen molar-refractivity contribution >= 4 is 11.6 Å². The van der Waals surface area contributed by atoms with Gasteiger partial charge in [-0.25, -0.2) is 0 Å². The quantitative estimate of drug-likeness (QED) is 0.785. The topological polar surface area (TPSA) is 55.1 Å². The molecular formula is C15H20N2O. The molecule has 0 unspecified atom stereocenters. The van der Waals surface area contributed by atoms with Gasteiger partial charge in [-0.15, -0.1) is 0 Å². The lowest BCUT2D eigenvalue weighted by atomic mass is 9.92. The summed E-state index contributed by atoms with van der Waals surface area (Å²) in [5.74, 6) is 5.75. The zero-order chi connectivity index (χ0) is 13.6. The van der Waals surface area contributed by atoms with E-state index < -0.39 is 0 Å². The molecule has 0 aromatic heterocycles. The van der Waals surface area contributed by atoms with E-state index in [0.29, 0.717) is 13.0 Å². The molecule has 0 saturated carbocycles. The van der Waals surface area contributed by atoms with Crippen LogP contribution in [0.5, 0.6) is 0 Å². The molecule has 3 nitrogen and oxygen atoms in total. The standard InChI is InChI=1S/C15H20N2O/c1-15(2,3)11-14(18)17-13-8-4-6-12(10-13)7-5-9-16/h4,6,8,10H,9,11,16H2,1-3H3,(H,17,18). The highest BCUT2D eigenvalue weighted by molar-refractivity contribution is 5.91. The van der Waals surface area contributed by atoms with Crippen LogP contribution in [0.1, 0.15) is 32.8 Å². The van der Waals surface area contributed by atoms with Crippen LogP contribution in [0.2, 0.25) is 0 Å². The van der Waals surface area contributed by atoms with Gasteiger partial charge >= 0.3 is 0 Å². The highest BCUT2D eigenvalue weighted by Gasteiger charge is 2.15. The number of carbonyl (C=O) groups excluding carboxylic acids is 1. The summed E-state index contributed by atoms with van der Waals surface area (Å²) in [6, 6.07) is 7.46. The van der Waals surface area contributed by atoms with Crippen molar-refractivity contribution in [2.24, 2.45) is 11.1 Å². The molecule has 18 heavy (non-hydrogen) atoms. The highest BCUT2D eigenvalue weighted by atomic mass is 16.1. The number of hydrogen-bond donors (Lipinski definition) is 2. The number of rotatable bonds is 2. The van der Waals surface area contributed by atoms with Crippen LogP contribution in [0.15, 0.2) is 24.3 Å². The van der Waals surface area contributed by atoms with E-state index in [1.54, 1.807) is 0 Å². The van der Waals surface area contributed by atoms with Gasteiger partial charge in [-0.05, 0) is 23.6 Å². The Morgan fingerprint density at radius 3 is 2.72 bits per heavy atom. The Bertz CT molecular complexity index is 475. The molecule has 1 rings (SSSR count). The molecule has 0 spiro atoms. The second-order valence-corrected chi connectivity index (χ2v) is 5.37. The number of amides is 1. The summed E-state index contributed by atoms with van der Waals surface area (Å²) in [5.41, 5.74) is 6.94. The summed E-state index contributed by atoms with van der Waals surface area (Å²) < 4.78 is 0. The molecule has 0 aliphatic rings. The van der Waals surface area contributed by atoms with E-state index in [1.807, 2.05) is 45.0 Å². The molecule has 0 aliphatic heterocycles. The van der Waals surface area contributed by atoms with E-state index >= 15 is 0 Å². The molecule has 3 N–H and O–H groups in total. The first kappa shape index (κ1) is 14.3. The van der Waals surface area contributed by atoms with E-state index in [2.05, 4.69) is 17.2 Å². The molecule has 0 atom stereocenters. The molecule has 96 valence electrons. The van der Waals surface area contributed by atoms with E-state index in [0.717, 1.165) is 11.3 Å². The molecule has 1 aromatic carbocycles. The zero-order valence-corrected chi connectivity index (χ0v) is 11.2. The number of nitrogens with two attached hydrogens (primary N) is 1. The van der Waals surface area contributed by atoms with Crippen LogP contribution < -0.4 is 11.1 Å². The van der Waals surface area contributed by atoms with Gasteiger partial charge in [0.1, 0.15) is 0 Å². The summed E-state index contributed by atoms with van der Waals surface area (Å²) >= 11 is 0. The molecular weight excluding hydrogens is 224 g/mol. The highest BCUT2D eigenvalue weighted by Crippen LogP contribution is 2.19. The van der Waals surface area contributed by atoms with Crippen LogP contribution in [0.4, 0.5) is 5.69 Å². The van der Waals surface area contributed by atoms with Gasteiger partial charge in [0.25, 0.3) is 0 Å². The maximum Gasteiger partial charge on any atom is 0.224 e. The van der Waals surface area contributed by atoms with Gasteiger partial charge in [0.2, 0.25) is 5.91 Å². The third-order valence-corrected chi connectivity index (χ3v) is 2.17. The van der Waals surface area contributed by atoms with Crippen LogP contribution in [-0.2, 0) is 4.79 Å². The molecule has 0 saturated heterocycles. The number of anilines is 1. The minimum Gasteiger partial charge on any atom is -0.326 e. The van der Waals surface area contributed by atoms with Gasteiger partial charge in [-0.2, -0.15) is 0 Å². The fourth-order valence-corrected chi connectivity index (χ4v) is 1.51. The summed E-state index contributed by atoms with van der Waals surface area (Å²) in [5, 5.41) is 2.88. The third kappa shape index (κ3) is 5.51. The van der Waals surface area contributed by atoms with E-state index in [1.165, 1.54) is 0 Å². The minimum absolute atomic E-state index is 0.0128. The Morgan fingerprint density at radius 2 is 2.11 bits per heavy atom. The molecule has 1 aromatic rings. The number of nitrogens with one attached hydrogen (secondary N) is 1. The Balaban J connectivity index is 2.70. The molecule has 0 radical (unpaired) electrons. The average Bonchev–Trinajstić information content (AvgIpc) is 2.24. The minimum atomic E-state index is -0.0128. The Hall–Kier alpha value is -1.79. The molecule has 0 fully saturated rings. The first-order valence-corrected chi connectivity index (χ1v) is 5.99. The van der Waals surface area contributed by atoms with Gasteiger partial charge in [0.05, 0.1) is 6.54 Å². The van der Waals surface area contributed by atoms with Gasteiger partial charge in [0, 0.05) is 17.7 Å². The number of benzene rings is 1. The monoisotopic (exact) mass is 244 g/mol. The maximum atomic E-state index is 11.8. The first-order valence-electron chi connectivity index (χ1n) is 5.99. The summed E-state index contributed by atoms with van der Waals surface area (Å²) in [6.45, 7) is 6.45. The lowest BCUT2D eigenvalue weighted by molar-refractivity contribution is -0.117. The SMILES string of the molecule is CC(C)(C)CC(=O)Nc1cccc(C#CCN)c1. The number of carbonyl (C=O) groups is 1. The van der Waals surface area contributed by atoms with Crippen LogP contribution in [0.25, 0.3) is 0 Å². The van der Waals surface area contributed by atoms with Crippen LogP contribution in [-0.4, -0.2) is 12.5 Å². The largest absolute Gasteiger partial charge is 0.326 e. The smallest absolute Gasteiger partial charge is 0.224 e. The fraction of sp³-hybridized carbons (Fsp3) is 0.400. The normalized spacial score (nSPS) is 10.4. The lowest BCUT2D eigenvalue weighted by Gasteiger charge is -2.17. The molecule has 0 bridgehead atoms. The first-order chi connectivity index (χ1) is 8.40. The summed E-state index contributed by atoms with van der Waals surface area (Å²) in [4.78, 5) is 11.8. The van der Waals surface area contributed by atoms with E-state index in [9.17, 15) is 4.79 Å². The van der Waals surface area contributed by atoms with Gasteiger partial charge in [-0.1, -0.05) is 38.7 Å². The van der Waals surface area contributed by atoms with Crippen molar-refractivity contribution in [3.8, 4) is 11.8 Å². The lowest BCUT2D eigenvalue weighted by Crippen LogP contribution is -2.19. The van der Waals surface area contributed by atoms with Crippen molar-refractivity contribution in [2.45, 2.75) is 27.2 Å². The number of hydrogen-bond acceptors (Lipinski definition) is 2. The van der Waals surface area contributed by atoms with Crippen LogP contribution in [0, 0.1) is 17.3 Å². The van der Waals surface area contributed by atoms with Crippen LogP contribution >= 0.6 is 0 Å².